The highest BCUT2D eigenvalue weighted by Crippen LogP contribution is 2.30. The normalized spacial score (nSPS) is 11.2. The predicted molar refractivity (Wildman–Crippen MR) is 80.8 cm³/mol. The Morgan fingerprint density at radius 3 is 2.74 bits per heavy atom. The van der Waals surface area contributed by atoms with Gasteiger partial charge in [0, 0.05) is 13.2 Å². The van der Waals surface area contributed by atoms with Crippen LogP contribution in [-0.2, 0) is 7.05 Å². The molecule has 1 aromatic carbocycles. The van der Waals surface area contributed by atoms with Crippen molar-refractivity contribution in [3.8, 4) is 11.5 Å². The monoisotopic (exact) mass is 322 g/mol. The number of allylic oxidation sites excluding steroid dienone is 1. The van der Waals surface area contributed by atoms with Crippen molar-refractivity contribution >= 4 is 11.9 Å². The molecule has 0 radical (unpaired) electrons. The maximum Gasteiger partial charge on any atom is 0.387 e. The fourth-order valence-corrected chi connectivity index (χ4v) is 1.96. The number of ether oxygens (including phenoxy) is 2. The van der Waals surface area contributed by atoms with Crippen molar-refractivity contribution in [1.82, 2.24) is 9.78 Å². The van der Waals surface area contributed by atoms with Crippen LogP contribution in [0.4, 0.5) is 8.78 Å². The van der Waals surface area contributed by atoms with Gasteiger partial charge < -0.3 is 9.47 Å². The molecule has 0 amide bonds. The maximum atomic E-state index is 12.3. The van der Waals surface area contributed by atoms with Gasteiger partial charge in [0.15, 0.2) is 11.5 Å². The van der Waals surface area contributed by atoms with Gasteiger partial charge in [0.2, 0.25) is 5.78 Å². The summed E-state index contributed by atoms with van der Waals surface area (Å²) in [6.07, 6.45) is 4.49. The van der Waals surface area contributed by atoms with Gasteiger partial charge >= 0.3 is 6.61 Å². The van der Waals surface area contributed by atoms with Crippen molar-refractivity contribution in [2.75, 3.05) is 6.61 Å². The van der Waals surface area contributed by atoms with E-state index in [0.717, 1.165) is 0 Å². The third kappa shape index (κ3) is 4.38. The van der Waals surface area contributed by atoms with Gasteiger partial charge in [-0.05, 0) is 36.8 Å². The molecular formula is C16H16F2N2O3. The summed E-state index contributed by atoms with van der Waals surface area (Å²) in [6.45, 7) is -0.886. The van der Waals surface area contributed by atoms with Crippen LogP contribution in [0.1, 0.15) is 23.0 Å². The highest BCUT2D eigenvalue weighted by molar-refractivity contribution is 6.05. The summed E-state index contributed by atoms with van der Waals surface area (Å²) in [4.78, 5) is 12.0. The van der Waals surface area contributed by atoms with Crippen molar-refractivity contribution in [3.05, 3.63) is 47.8 Å². The number of alkyl halides is 2. The van der Waals surface area contributed by atoms with E-state index in [0.29, 0.717) is 17.9 Å². The molecule has 122 valence electrons. The molecule has 7 heteroatoms. The molecule has 0 atom stereocenters. The summed E-state index contributed by atoms with van der Waals surface area (Å²) in [5.41, 5.74) is 1.08. The van der Waals surface area contributed by atoms with E-state index in [1.807, 2.05) is 0 Å². The summed E-state index contributed by atoms with van der Waals surface area (Å²) in [7, 11) is 1.67. The largest absolute Gasteiger partial charge is 0.490 e. The van der Waals surface area contributed by atoms with Crippen LogP contribution in [0, 0.1) is 0 Å². The standard InChI is InChI=1S/C16H16F2N2O3/c1-3-22-15-10-11(5-7-14(15)23-16(17)18)4-6-13(21)12-8-9-19-20(12)2/h4-10,16H,3H2,1-2H3. The van der Waals surface area contributed by atoms with Crippen molar-refractivity contribution in [2.45, 2.75) is 13.5 Å². The van der Waals surface area contributed by atoms with E-state index in [9.17, 15) is 13.6 Å². The van der Waals surface area contributed by atoms with Crippen LogP contribution in [0.5, 0.6) is 11.5 Å². The molecular weight excluding hydrogens is 306 g/mol. The lowest BCUT2D eigenvalue weighted by molar-refractivity contribution is -0.0514. The first kappa shape index (κ1) is 16.7. The molecule has 23 heavy (non-hydrogen) atoms. The number of ketones is 1. The van der Waals surface area contributed by atoms with E-state index >= 15 is 0 Å². The smallest absolute Gasteiger partial charge is 0.387 e. The average molecular weight is 322 g/mol. The van der Waals surface area contributed by atoms with Crippen molar-refractivity contribution in [1.29, 1.82) is 0 Å². The summed E-state index contributed by atoms with van der Waals surface area (Å²) < 4.78 is 35.8. The number of aryl methyl sites for hydroxylation is 1. The highest BCUT2D eigenvalue weighted by atomic mass is 19.3. The number of benzene rings is 1. The van der Waals surface area contributed by atoms with Crippen molar-refractivity contribution in [2.24, 2.45) is 7.05 Å². The summed E-state index contributed by atoms with van der Waals surface area (Å²) in [5.74, 6) is -0.0595. The third-order valence-corrected chi connectivity index (χ3v) is 2.98. The molecule has 0 spiro atoms. The summed E-state index contributed by atoms with van der Waals surface area (Å²) >= 11 is 0. The van der Waals surface area contributed by atoms with Gasteiger partial charge in [-0.3, -0.25) is 9.48 Å². The predicted octanol–water partition coefficient (Wildman–Crippen LogP) is 3.32. The van der Waals surface area contributed by atoms with Crippen molar-refractivity contribution in [3.63, 3.8) is 0 Å². The van der Waals surface area contributed by atoms with E-state index < -0.39 is 6.61 Å². The fraction of sp³-hybridized carbons (Fsp3) is 0.250. The molecule has 0 unspecified atom stereocenters. The van der Waals surface area contributed by atoms with Gasteiger partial charge in [-0.2, -0.15) is 13.9 Å². The Morgan fingerprint density at radius 1 is 1.35 bits per heavy atom. The first-order chi connectivity index (χ1) is 11.0. The molecule has 0 aliphatic carbocycles. The van der Waals surface area contributed by atoms with Crippen molar-refractivity contribution < 1.29 is 23.0 Å². The second-order valence-electron chi connectivity index (χ2n) is 4.56. The zero-order valence-corrected chi connectivity index (χ0v) is 12.7. The molecule has 0 saturated carbocycles. The van der Waals surface area contributed by atoms with Crippen LogP contribution in [0.3, 0.4) is 0 Å². The number of nitrogens with zero attached hydrogens (tertiary/aromatic N) is 2. The maximum absolute atomic E-state index is 12.3. The van der Waals surface area contributed by atoms with Gasteiger partial charge in [0.05, 0.1) is 6.61 Å². The van der Waals surface area contributed by atoms with Gasteiger partial charge in [-0.1, -0.05) is 12.1 Å². The number of aromatic nitrogens is 2. The third-order valence-electron chi connectivity index (χ3n) is 2.98. The Bertz CT molecular complexity index is 711. The van der Waals surface area contributed by atoms with E-state index in [4.69, 9.17) is 4.74 Å². The Labute approximate surface area is 132 Å². The Kier molecular flexibility index (Phi) is 5.46. The number of carbonyl (C=O) groups excluding carboxylic acids is 1. The minimum Gasteiger partial charge on any atom is -0.490 e. The second kappa shape index (κ2) is 7.53. The number of halogens is 2. The van der Waals surface area contributed by atoms with E-state index in [2.05, 4.69) is 9.84 Å². The topological polar surface area (TPSA) is 53.3 Å². The lowest BCUT2D eigenvalue weighted by Crippen LogP contribution is -2.05. The van der Waals surface area contributed by atoms with E-state index in [1.54, 1.807) is 32.2 Å². The summed E-state index contributed by atoms with van der Waals surface area (Å²) in [6, 6.07) is 6.09. The highest BCUT2D eigenvalue weighted by Gasteiger charge is 2.11. The molecule has 0 aliphatic heterocycles. The van der Waals surface area contributed by atoms with E-state index in [-0.39, 0.29) is 17.3 Å². The molecule has 5 nitrogen and oxygen atoms in total. The van der Waals surface area contributed by atoms with Crippen LogP contribution in [0.15, 0.2) is 36.5 Å². The first-order valence-corrected chi connectivity index (χ1v) is 6.93. The molecule has 0 N–H and O–H groups in total. The number of carbonyl (C=O) groups is 1. The van der Waals surface area contributed by atoms with Crippen LogP contribution >= 0.6 is 0 Å². The molecule has 2 rings (SSSR count). The van der Waals surface area contributed by atoms with Crippen LogP contribution in [0.25, 0.3) is 6.08 Å². The fourth-order valence-electron chi connectivity index (χ4n) is 1.96. The minimum absolute atomic E-state index is 0.0445. The van der Waals surface area contributed by atoms with Gasteiger partial charge in [-0.25, -0.2) is 0 Å². The second-order valence-corrected chi connectivity index (χ2v) is 4.56. The number of rotatable bonds is 7. The average Bonchev–Trinajstić information content (AvgIpc) is 2.93. The first-order valence-electron chi connectivity index (χ1n) is 6.93. The van der Waals surface area contributed by atoms with Crippen LogP contribution in [0.2, 0.25) is 0 Å². The molecule has 1 aromatic heterocycles. The Balaban J connectivity index is 2.19. The van der Waals surface area contributed by atoms with Crippen LogP contribution in [-0.4, -0.2) is 28.8 Å². The number of hydrogen-bond acceptors (Lipinski definition) is 4. The number of hydrogen-bond donors (Lipinski definition) is 0. The molecule has 0 fully saturated rings. The Hall–Kier alpha value is -2.70. The SMILES string of the molecule is CCOc1cc(C=CC(=O)c2ccnn2C)ccc1OC(F)F. The van der Waals surface area contributed by atoms with Gasteiger partial charge in [-0.15, -0.1) is 0 Å². The van der Waals surface area contributed by atoms with E-state index in [1.165, 1.54) is 29.1 Å². The molecule has 0 bridgehead atoms. The molecule has 1 heterocycles. The molecule has 0 aliphatic rings. The van der Waals surface area contributed by atoms with Gasteiger partial charge in [0.1, 0.15) is 5.69 Å². The summed E-state index contributed by atoms with van der Waals surface area (Å²) in [5, 5.41) is 3.92. The zero-order valence-electron chi connectivity index (χ0n) is 12.7. The lowest BCUT2D eigenvalue weighted by Gasteiger charge is -2.11. The zero-order chi connectivity index (χ0) is 16.8. The lowest BCUT2D eigenvalue weighted by atomic mass is 10.1. The van der Waals surface area contributed by atoms with Gasteiger partial charge in [0.25, 0.3) is 0 Å². The van der Waals surface area contributed by atoms with Crippen LogP contribution < -0.4 is 9.47 Å². The quantitative estimate of drug-likeness (QED) is 0.580. The Morgan fingerprint density at radius 2 is 2.13 bits per heavy atom. The minimum atomic E-state index is -2.93. The molecule has 0 saturated heterocycles. The molecule has 2 aromatic rings.